The van der Waals surface area contributed by atoms with E-state index in [9.17, 15) is 13.2 Å². The van der Waals surface area contributed by atoms with Crippen LogP contribution in [0.3, 0.4) is 0 Å². The van der Waals surface area contributed by atoms with Crippen molar-refractivity contribution in [3.05, 3.63) is 40.4 Å². The molecule has 0 aliphatic carbocycles. The molecule has 4 rings (SSSR count). The third-order valence-electron chi connectivity index (χ3n) is 5.39. The van der Waals surface area contributed by atoms with Gasteiger partial charge in [0.2, 0.25) is 0 Å². The first-order valence-corrected chi connectivity index (χ1v) is 12.8. The minimum absolute atomic E-state index is 0.138. The van der Waals surface area contributed by atoms with Gasteiger partial charge in [-0.05, 0) is 19.9 Å². The number of hydrogen-bond donors (Lipinski definition) is 0. The van der Waals surface area contributed by atoms with Crippen molar-refractivity contribution in [1.29, 1.82) is 0 Å². The van der Waals surface area contributed by atoms with Gasteiger partial charge in [0.25, 0.3) is 16.1 Å². The molecule has 2 saturated heterocycles. The highest BCUT2D eigenvalue weighted by molar-refractivity contribution is 7.86. The Labute approximate surface area is 191 Å². The standard InChI is InChI=1S/C20H25ClN4O4S2/c1-14-12-25(13-15(2)29-14)31(27,28)24-9-7-23(8-10-24)20(26)18-11-22-19(30-18)16-5-3-4-6-17(16)21/h3-6,11,14-15H,7-10,12-13H2,1-2H3. The second-order valence-electron chi connectivity index (χ2n) is 7.78. The average Bonchev–Trinajstić information content (AvgIpc) is 3.23. The van der Waals surface area contributed by atoms with Crippen molar-refractivity contribution < 1.29 is 17.9 Å². The summed E-state index contributed by atoms with van der Waals surface area (Å²) in [7, 11) is -3.58. The summed E-state index contributed by atoms with van der Waals surface area (Å²) >= 11 is 7.52. The zero-order chi connectivity index (χ0) is 22.2. The lowest BCUT2D eigenvalue weighted by Crippen LogP contribution is -2.57. The summed E-state index contributed by atoms with van der Waals surface area (Å²) in [5.74, 6) is -0.138. The molecule has 3 heterocycles. The molecule has 31 heavy (non-hydrogen) atoms. The molecule has 1 amide bonds. The molecular formula is C20H25ClN4O4S2. The maximum atomic E-state index is 13.0. The van der Waals surface area contributed by atoms with Crippen LogP contribution in [0.5, 0.6) is 0 Å². The van der Waals surface area contributed by atoms with Gasteiger partial charge in [0.15, 0.2) is 0 Å². The number of thiazole rings is 1. The molecule has 2 fully saturated rings. The molecule has 1 aromatic carbocycles. The number of rotatable bonds is 4. The van der Waals surface area contributed by atoms with Gasteiger partial charge in [0.05, 0.1) is 23.4 Å². The second kappa shape index (κ2) is 9.13. The van der Waals surface area contributed by atoms with Gasteiger partial charge in [0.1, 0.15) is 9.88 Å². The van der Waals surface area contributed by atoms with E-state index in [2.05, 4.69) is 4.98 Å². The Morgan fingerprint density at radius 2 is 1.74 bits per heavy atom. The predicted octanol–water partition coefficient (Wildman–Crippen LogP) is 2.58. The molecule has 168 valence electrons. The summed E-state index contributed by atoms with van der Waals surface area (Å²) in [6.45, 7) is 5.66. The summed E-state index contributed by atoms with van der Waals surface area (Å²) in [6, 6.07) is 7.37. The monoisotopic (exact) mass is 484 g/mol. The number of aromatic nitrogens is 1. The van der Waals surface area contributed by atoms with Crippen molar-refractivity contribution in [3.63, 3.8) is 0 Å². The average molecular weight is 485 g/mol. The molecule has 0 N–H and O–H groups in total. The third kappa shape index (κ3) is 4.79. The molecule has 0 radical (unpaired) electrons. The van der Waals surface area contributed by atoms with E-state index in [1.165, 1.54) is 19.9 Å². The summed E-state index contributed by atoms with van der Waals surface area (Å²) in [5, 5.41) is 1.27. The van der Waals surface area contributed by atoms with Gasteiger partial charge >= 0.3 is 0 Å². The Hall–Kier alpha value is -1.56. The van der Waals surface area contributed by atoms with Gasteiger partial charge in [-0.25, -0.2) is 4.98 Å². The third-order valence-corrected chi connectivity index (χ3v) is 8.70. The zero-order valence-corrected chi connectivity index (χ0v) is 19.8. The fourth-order valence-electron chi connectivity index (χ4n) is 3.89. The van der Waals surface area contributed by atoms with Crippen LogP contribution < -0.4 is 0 Å². The minimum atomic E-state index is -3.58. The normalized spacial score (nSPS) is 23.8. The van der Waals surface area contributed by atoms with Crippen LogP contribution >= 0.6 is 22.9 Å². The quantitative estimate of drug-likeness (QED) is 0.666. The Kier molecular flexibility index (Phi) is 6.66. The topological polar surface area (TPSA) is 83.1 Å². The second-order valence-corrected chi connectivity index (χ2v) is 11.1. The first-order valence-electron chi connectivity index (χ1n) is 10.2. The Balaban J connectivity index is 1.40. The molecule has 0 bridgehead atoms. The number of ether oxygens (including phenoxy) is 1. The van der Waals surface area contributed by atoms with Gasteiger partial charge in [-0.1, -0.05) is 29.8 Å². The van der Waals surface area contributed by atoms with E-state index in [4.69, 9.17) is 16.3 Å². The smallest absolute Gasteiger partial charge is 0.282 e. The van der Waals surface area contributed by atoms with E-state index >= 15 is 0 Å². The summed E-state index contributed by atoms with van der Waals surface area (Å²) in [4.78, 5) is 19.5. The van der Waals surface area contributed by atoms with Gasteiger partial charge in [-0.3, -0.25) is 4.79 Å². The highest BCUT2D eigenvalue weighted by Gasteiger charge is 2.37. The van der Waals surface area contributed by atoms with Crippen LogP contribution in [0.4, 0.5) is 0 Å². The molecule has 0 saturated carbocycles. The van der Waals surface area contributed by atoms with Crippen LogP contribution in [-0.2, 0) is 14.9 Å². The molecule has 2 unspecified atom stereocenters. The predicted molar refractivity (Wildman–Crippen MR) is 121 cm³/mol. The first kappa shape index (κ1) is 22.6. The van der Waals surface area contributed by atoms with Crippen molar-refractivity contribution in [2.45, 2.75) is 26.1 Å². The van der Waals surface area contributed by atoms with Gasteiger partial charge < -0.3 is 9.64 Å². The fraction of sp³-hybridized carbons (Fsp3) is 0.500. The van der Waals surface area contributed by atoms with Crippen molar-refractivity contribution in [3.8, 4) is 10.6 Å². The highest BCUT2D eigenvalue weighted by Crippen LogP contribution is 2.31. The largest absolute Gasteiger partial charge is 0.373 e. The molecule has 2 aliphatic rings. The van der Waals surface area contributed by atoms with Crippen molar-refractivity contribution in [2.24, 2.45) is 0 Å². The Morgan fingerprint density at radius 1 is 1.10 bits per heavy atom. The molecule has 1 aromatic heterocycles. The first-order chi connectivity index (χ1) is 14.8. The van der Waals surface area contributed by atoms with Gasteiger partial charge in [0, 0.05) is 44.8 Å². The zero-order valence-electron chi connectivity index (χ0n) is 17.4. The maximum absolute atomic E-state index is 13.0. The van der Waals surface area contributed by atoms with Crippen LogP contribution in [0.25, 0.3) is 10.6 Å². The van der Waals surface area contributed by atoms with Crippen LogP contribution in [0, 0.1) is 0 Å². The van der Waals surface area contributed by atoms with Crippen LogP contribution in [0.1, 0.15) is 23.5 Å². The van der Waals surface area contributed by atoms with Crippen LogP contribution in [0.15, 0.2) is 30.5 Å². The number of hydrogen-bond acceptors (Lipinski definition) is 6. The van der Waals surface area contributed by atoms with Crippen molar-refractivity contribution in [2.75, 3.05) is 39.3 Å². The number of amides is 1. The number of morpholine rings is 1. The van der Waals surface area contributed by atoms with E-state index in [-0.39, 0.29) is 31.2 Å². The Morgan fingerprint density at radius 3 is 2.39 bits per heavy atom. The van der Waals surface area contributed by atoms with Gasteiger partial charge in [-0.2, -0.15) is 17.0 Å². The number of piperazine rings is 1. The molecule has 2 aliphatic heterocycles. The molecule has 8 nitrogen and oxygen atoms in total. The SMILES string of the molecule is CC1CN(S(=O)(=O)N2CCN(C(=O)c3cnc(-c4ccccc4Cl)s3)CC2)CC(C)O1. The minimum Gasteiger partial charge on any atom is -0.373 e. The van der Waals surface area contributed by atoms with E-state index in [1.54, 1.807) is 17.2 Å². The molecule has 2 aromatic rings. The number of carbonyl (C=O) groups excluding carboxylic acids is 1. The van der Waals surface area contributed by atoms with E-state index < -0.39 is 10.2 Å². The van der Waals surface area contributed by atoms with E-state index in [0.29, 0.717) is 41.1 Å². The van der Waals surface area contributed by atoms with Crippen molar-refractivity contribution >= 4 is 39.1 Å². The highest BCUT2D eigenvalue weighted by atomic mass is 35.5. The number of nitrogens with zero attached hydrogens (tertiary/aromatic N) is 4. The number of halogens is 1. The van der Waals surface area contributed by atoms with Crippen LogP contribution in [-0.4, -0.2) is 84.3 Å². The Bertz CT molecular complexity index is 1040. The van der Waals surface area contributed by atoms with Crippen LogP contribution in [0.2, 0.25) is 5.02 Å². The maximum Gasteiger partial charge on any atom is 0.282 e. The summed E-state index contributed by atoms with van der Waals surface area (Å²) in [6.07, 6.45) is 1.28. The molecule has 11 heteroatoms. The van der Waals surface area contributed by atoms with Gasteiger partial charge in [-0.15, -0.1) is 11.3 Å². The lowest BCUT2D eigenvalue weighted by Gasteiger charge is -2.40. The van der Waals surface area contributed by atoms with Crippen molar-refractivity contribution in [1.82, 2.24) is 18.5 Å². The fourth-order valence-corrected chi connectivity index (χ4v) is 6.85. The lowest BCUT2D eigenvalue weighted by atomic mass is 10.2. The van der Waals surface area contributed by atoms with E-state index in [1.807, 2.05) is 32.0 Å². The lowest BCUT2D eigenvalue weighted by molar-refractivity contribution is -0.0457. The molecule has 2 atom stereocenters. The summed E-state index contributed by atoms with van der Waals surface area (Å²) in [5.41, 5.74) is 0.790. The molecule has 0 spiro atoms. The number of carbonyl (C=O) groups is 1. The summed E-state index contributed by atoms with van der Waals surface area (Å²) < 4.78 is 34.7. The molecular weight excluding hydrogens is 460 g/mol. The van der Waals surface area contributed by atoms with E-state index in [0.717, 1.165) is 5.56 Å². The number of benzene rings is 1.